The molecule has 8 aromatic heterocycles. The largest absolute Gasteiger partial charge is 0.495 e. The number of benzene rings is 10. The van der Waals surface area contributed by atoms with E-state index in [9.17, 15) is 24.0 Å². The van der Waals surface area contributed by atoms with Gasteiger partial charge in [0.25, 0.3) is 29.5 Å². The van der Waals surface area contributed by atoms with Crippen molar-refractivity contribution in [3.63, 3.8) is 0 Å². The summed E-state index contributed by atoms with van der Waals surface area (Å²) in [6, 6.07) is 58.2. The van der Waals surface area contributed by atoms with Crippen LogP contribution in [0.1, 0.15) is 165 Å². The van der Waals surface area contributed by atoms with Crippen molar-refractivity contribution >= 4 is 156 Å². The molecule has 5 amide bonds. The Morgan fingerprint density at radius 1 is 0.380 bits per heavy atom. The highest BCUT2D eigenvalue weighted by Crippen LogP contribution is 2.42. The number of aromatic nitrogens is 12. The number of thiophene rings is 1. The van der Waals surface area contributed by atoms with Crippen molar-refractivity contribution in [2.24, 2.45) is 0 Å². The number of hydrogen-bond donors (Lipinski definition) is 10. The molecule has 24 rings (SSSR count). The minimum absolute atomic E-state index is 0.0692. The van der Waals surface area contributed by atoms with Crippen LogP contribution in [0.15, 0.2) is 211 Å². The molecule has 1 aliphatic carbocycles. The van der Waals surface area contributed by atoms with Crippen molar-refractivity contribution < 1.29 is 75.8 Å². The predicted molar refractivity (Wildman–Crippen MR) is 573 cm³/mol. The van der Waals surface area contributed by atoms with Crippen molar-refractivity contribution in [1.29, 1.82) is 5.26 Å². The summed E-state index contributed by atoms with van der Waals surface area (Å²) in [7, 11) is 7.78. The zero-order chi connectivity index (χ0) is 103. The molecule has 754 valence electrons. The summed E-state index contributed by atoms with van der Waals surface area (Å²) in [5, 5.41) is 65.7. The van der Waals surface area contributed by atoms with Crippen LogP contribution in [0.25, 0.3) is 115 Å². The van der Waals surface area contributed by atoms with E-state index in [1.165, 1.54) is 47.4 Å². The number of carbonyl (C=O) groups excluding carboxylic acids is 5. The number of carbonyl (C=O) groups is 5. The maximum absolute atomic E-state index is 12.9. The Kier molecular flexibility index (Phi) is 30.0. The molecular formula is C115H102N18O16S. The average molecular weight is 2020 g/mol. The monoisotopic (exact) mass is 2020 g/mol. The molecule has 0 unspecified atom stereocenters. The Bertz CT molecular complexity index is 8110. The molecule has 0 bridgehead atoms. The van der Waals surface area contributed by atoms with Gasteiger partial charge in [-0.1, -0.05) is 72.8 Å². The molecule has 150 heavy (non-hydrogen) atoms. The van der Waals surface area contributed by atoms with Gasteiger partial charge in [0.05, 0.1) is 205 Å². The normalized spacial score (nSPS) is 13.3. The third-order valence-electron chi connectivity index (χ3n) is 25.8. The number of hydrogen-bond acceptors (Lipinski definition) is 25. The number of methoxy groups -OCH3 is 5. The number of oxazole rings is 1. The zero-order valence-electron chi connectivity index (χ0n) is 82.3. The third-order valence-corrected chi connectivity index (χ3v) is 26.7. The van der Waals surface area contributed by atoms with Gasteiger partial charge >= 0.3 is 0 Å². The minimum Gasteiger partial charge on any atom is -0.495 e. The minimum atomic E-state index is -0.366. The smallest absolute Gasteiger partial charge is 0.255 e. The molecule has 35 heteroatoms. The average Bonchev–Trinajstić information content (AvgIpc) is 1.63. The lowest BCUT2D eigenvalue weighted by Gasteiger charge is -2.11. The van der Waals surface area contributed by atoms with Gasteiger partial charge < -0.3 is 78.4 Å². The van der Waals surface area contributed by atoms with E-state index < -0.39 is 0 Å². The first-order valence-electron chi connectivity index (χ1n) is 48.7. The molecular weight excluding hydrogens is 1920 g/mol. The summed E-state index contributed by atoms with van der Waals surface area (Å²) in [4.78, 5) is 72.6. The number of nitrogens with zero attached hydrogens (tertiary/aromatic N) is 8. The van der Waals surface area contributed by atoms with Crippen LogP contribution < -0.4 is 74.0 Å². The van der Waals surface area contributed by atoms with Crippen LogP contribution in [0.4, 0.5) is 0 Å². The van der Waals surface area contributed by atoms with Gasteiger partial charge in [-0.2, -0.15) is 30.8 Å². The fourth-order valence-electron chi connectivity index (χ4n) is 18.3. The number of nitrogens with one attached hydrogen (secondary N) is 10. The molecule has 5 aliphatic heterocycles. The summed E-state index contributed by atoms with van der Waals surface area (Å²) in [5.74, 6) is 6.48. The Balaban J connectivity index is 0.000000113. The van der Waals surface area contributed by atoms with E-state index in [4.69, 9.17) is 57.0 Å². The molecule has 10 aromatic carbocycles. The molecule has 0 radical (unpaired) electrons. The first-order valence-corrected chi connectivity index (χ1v) is 49.5. The molecule has 1 saturated carbocycles. The van der Waals surface area contributed by atoms with Crippen molar-refractivity contribution in [2.75, 3.05) is 75.1 Å². The van der Waals surface area contributed by atoms with Crippen LogP contribution in [0.5, 0.6) is 57.5 Å². The summed E-state index contributed by atoms with van der Waals surface area (Å²) >= 11 is 1.61. The van der Waals surface area contributed by atoms with E-state index in [1.807, 2.05) is 175 Å². The Morgan fingerprint density at radius 2 is 0.707 bits per heavy atom. The number of fused-ring (bicyclic) bond motifs is 10. The lowest BCUT2D eigenvalue weighted by molar-refractivity contribution is 0.0937. The summed E-state index contributed by atoms with van der Waals surface area (Å²) in [5.41, 5.74) is 22.1. The van der Waals surface area contributed by atoms with Crippen LogP contribution >= 0.6 is 11.3 Å². The molecule has 13 heterocycles. The van der Waals surface area contributed by atoms with Gasteiger partial charge in [-0.05, 0) is 243 Å². The molecule has 0 spiro atoms. The van der Waals surface area contributed by atoms with Crippen molar-refractivity contribution in [2.45, 2.75) is 70.6 Å². The van der Waals surface area contributed by atoms with Crippen LogP contribution in [-0.2, 0) is 51.7 Å². The lowest BCUT2D eigenvalue weighted by Crippen LogP contribution is -2.25. The SMILES string of the molecule is COc1c(C(=O)NC2CC2)ccc2n[nH]c(/C=C/c3ccc4c(c3)CCO4)c12.COc1c(C(=O)NCC#N)ccc2n[nH]c(/C=C/c3ccc4c(c3)CCO4)c12.COc1c(C(=O)NCc2cccnc2)ccc2n[nH]c(/C=C/c3ccc4c(c3)CCO4)c12.COc1c(C(=O)NCc2cccs2)ccc2n[nH]c(/C=C/c3ccc4c(c3)CCO4)c12.COc1c(C(=O)NCc2ncco2)ccc2n[nH]c(/C=C/c3ccc4c(c3)CCO4)c12. The van der Waals surface area contributed by atoms with E-state index in [1.54, 1.807) is 94.6 Å². The summed E-state index contributed by atoms with van der Waals surface area (Å²) < 4.78 is 61.1. The lowest BCUT2D eigenvalue weighted by atomic mass is 10.1. The fraction of sp³-hybridized carbons (Fsp3) is 0.191. The first-order chi connectivity index (χ1) is 73.6. The van der Waals surface area contributed by atoms with Crippen molar-refractivity contribution in [1.82, 2.24) is 87.5 Å². The zero-order valence-corrected chi connectivity index (χ0v) is 83.1. The predicted octanol–water partition coefficient (Wildman–Crippen LogP) is 18.8. The highest BCUT2D eigenvalue weighted by atomic mass is 32.1. The van der Waals surface area contributed by atoms with Crippen molar-refractivity contribution in [3.05, 3.63) is 334 Å². The number of nitriles is 1. The fourth-order valence-corrected chi connectivity index (χ4v) is 18.9. The van der Waals surface area contributed by atoms with Gasteiger partial charge in [0, 0.05) is 62.0 Å². The molecule has 1 fully saturated rings. The summed E-state index contributed by atoms with van der Waals surface area (Å²) in [6.45, 7) is 4.65. The number of rotatable bonds is 28. The van der Waals surface area contributed by atoms with Crippen LogP contribution in [0, 0.1) is 11.3 Å². The van der Waals surface area contributed by atoms with Gasteiger partial charge in [-0.15, -0.1) is 11.3 Å². The molecule has 6 aliphatic rings. The topological polar surface area (TPSA) is 444 Å². The van der Waals surface area contributed by atoms with Crippen LogP contribution in [0.2, 0.25) is 0 Å². The maximum Gasteiger partial charge on any atom is 0.255 e. The Hall–Kier alpha value is -18.9. The second-order valence-electron chi connectivity index (χ2n) is 35.4. The third kappa shape index (κ3) is 22.2. The molecule has 34 nitrogen and oxygen atoms in total. The van der Waals surface area contributed by atoms with Gasteiger partial charge in [0.2, 0.25) is 5.89 Å². The number of aromatic amines is 5. The second-order valence-corrected chi connectivity index (χ2v) is 36.4. The van der Waals surface area contributed by atoms with E-state index in [0.29, 0.717) is 98.0 Å². The van der Waals surface area contributed by atoms with E-state index in [2.05, 4.69) is 118 Å². The highest BCUT2D eigenvalue weighted by Gasteiger charge is 2.30. The maximum atomic E-state index is 12.9. The van der Waals surface area contributed by atoms with E-state index in [0.717, 1.165) is 212 Å². The molecule has 0 atom stereocenters. The van der Waals surface area contributed by atoms with Crippen LogP contribution in [-0.4, -0.2) is 172 Å². The molecule has 0 saturated heterocycles. The van der Waals surface area contributed by atoms with Gasteiger partial charge in [-0.25, -0.2) is 4.98 Å². The Labute approximate surface area is 863 Å². The van der Waals surface area contributed by atoms with Crippen molar-refractivity contribution in [3.8, 4) is 63.6 Å². The second kappa shape index (κ2) is 45.6. The molecule has 10 N–H and O–H groups in total. The first kappa shape index (κ1) is 98.5. The molecule has 18 aromatic rings. The number of ether oxygens (including phenoxy) is 10. The van der Waals surface area contributed by atoms with Crippen LogP contribution in [0.3, 0.4) is 0 Å². The summed E-state index contributed by atoms with van der Waals surface area (Å²) in [6.07, 6.45) is 32.9. The number of H-pyrrole nitrogens is 5. The van der Waals surface area contributed by atoms with E-state index in [-0.39, 0.29) is 42.6 Å². The highest BCUT2D eigenvalue weighted by molar-refractivity contribution is 7.09. The number of pyridine rings is 1. The Morgan fingerprint density at radius 3 is 1.00 bits per heavy atom. The van der Waals surface area contributed by atoms with E-state index >= 15 is 0 Å². The van der Waals surface area contributed by atoms with Gasteiger partial charge in [-0.3, -0.25) is 54.5 Å². The quantitative estimate of drug-likeness (QED) is 0.0204. The van der Waals surface area contributed by atoms with Gasteiger partial charge in [0.15, 0.2) is 0 Å². The van der Waals surface area contributed by atoms with Gasteiger partial charge in [0.1, 0.15) is 70.3 Å². The number of amides is 5. The standard InChI is InChI=1S/C25H22N4O3.C24H21N3O3S.C23H20N4O4.C22H21N3O3.C21H18N4O3/c1-31-24-19(25(30)27-15-17-3-2-11-26-14-17)6-8-21-23(24)20(28-29-21)7-4-16-5-9-22-18(13-16)10-12-32-22;1-29-23-18(24(28)25-14-17-3-2-12-31-17)6-8-20-22(23)19(26-27-20)7-4-15-5-9-21-16(13-15)10-11-30-21;1-29-22-16(23(28)25-13-20-24-9-11-31-20)4-6-18-21(22)17(26-27-18)5-2-14-3-7-19-15(12-14)8-10-30-19;1-27-21-16(22(26)23-15-4-5-15)6-8-18-20(21)17(24-25-18)7-2-13-3-9-19-14(12-13)10-11-28-19;1-27-20-15(21(26)23-10-9-22)4-6-17-19(20)16(24-25-17)5-2-13-3-7-18-14(12-13)8-11-28-18/h2-9,11,13-14H,10,12,15H2,1H3,(H,27,30)(H,28,29);2-9,12-13H,10-11,14H2,1H3,(H,25,28)(H,26,27);2-7,9,11-12H,8,10,13H2,1H3,(H,25,28)(H,26,27);2-3,6-9,12,15H,4-5,10-11H2,1H3,(H,23,26)(H,24,25);2-7,12H,8,10-11H2,1H3,(H,23,26)(H,24,25)/b2*7-4+;5-2+;7-2+;5-2+.